The number of rotatable bonds is 7. The summed E-state index contributed by atoms with van der Waals surface area (Å²) in [6.07, 6.45) is 5.28. The molecule has 0 aromatic carbocycles. The second kappa shape index (κ2) is 7.56. The molecule has 5 nitrogen and oxygen atoms in total. The fraction of sp³-hybridized carbons (Fsp3) is 0.667. The summed E-state index contributed by atoms with van der Waals surface area (Å²) in [4.78, 5) is 27.6. The van der Waals surface area contributed by atoms with Crippen LogP contribution in [0.15, 0.2) is 23.3 Å². The molecule has 7 heteroatoms. The van der Waals surface area contributed by atoms with Gasteiger partial charge in [-0.15, -0.1) is 0 Å². The van der Waals surface area contributed by atoms with Gasteiger partial charge in [-0.3, -0.25) is 9.13 Å². The highest BCUT2D eigenvalue weighted by Crippen LogP contribution is 2.61. The lowest BCUT2D eigenvalue weighted by Gasteiger charge is -2.19. The monoisotopic (exact) mass is 310 g/mol. The van der Waals surface area contributed by atoms with Crippen molar-refractivity contribution in [1.82, 2.24) is 0 Å². The van der Waals surface area contributed by atoms with E-state index in [2.05, 4.69) is 6.08 Å². The van der Waals surface area contributed by atoms with Crippen LogP contribution in [0.5, 0.6) is 0 Å². The van der Waals surface area contributed by atoms with E-state index in [1.54, 1.807) is 6.08 Å². The maximum absolute atomic E-state index is 11.5. The quantitative estimate of drug-likeness (QED) is 0.494. The molecule has 0 aliphatic heterocycles. The van der Waals surface area contributed by atoms with Crippen LogP contribution < -0.4 is 0 Å². The largest absolute Gasteiger partial charge is 0.344 e. The Kier molecular flexibility index (Phi) is 7.49. The fourth-order valence-electron chi connectivity index (χ4n) is 1.61. The molecule has 3 N–H and O–H groups in total. The van der Waals surface area contributed by atoms with Gasteiger partial charge in [0.05, 0.1) is 0 Å². The topological polar surface area (TPSA) is 94.8 Å². The van der Waals surface area contributed by atoms with Gasteiger partial charge in [0, 0.05) is 6.66 Å². The summed E-state index contributed by atoms with van der Waals surface area (Å²) in [5.74, 6) is 0. The van der Waals surface area contributed by atoms with Crippen molar-refractivity contribution < 1.29 is 23.8 Å². The first kappa shape index (κ1) is 18.8. The molecule has 0 spiro atoms. The first-order valence-electron chi connectivity index (χ1n) is 6.08. The molecule has 0 aliphatic rings. The third kappa shape index (κ3) is 8.56. The number of allylic oxidation sites excluding steroid dienone is 4. The minimum Gasteiger partial charge on any atom is -0.344 e. The lowest BCUT2D eigenvalue weighted by molar-refractivity contribution is 0.363. The minimum atomic E-state index is -4.56. The highest BCUT2D eigenvalue weighted by atomic mass is 31.2. The summed E-state index contributed by atoms with van der Waals surface area (Å²) < 4.78 is 22.7. The third-order valence-electron chi connectivity index (χ3n) is 2.71. The molecule has 0 fully saturated rings. The van der Waals surface area contributed by atoms with Crippen molar-refractivity contribution in [3.63, 3.8) is 0 Å². The minimum absolute atomic E-state index is 0.0742. The van der Waals surface area contributed by atoms with E-state index in [4.69, 9.17) is 9.79 Å². The van der Waals surface area contributed by atoms with Crippen molar-refractivity contribution >= 4 is 15.0 Å². The maximum atomic E-state index is 11.5. The molecule has 0 aliphatic carbocycles. The molecule has 0 saturated carbocycles. The van der Waals surface area contributed by atoms with Gasteiger partial charge in [0.15, 0.2) is 0 Å². The van der Waals surface area contributed by atoms with Crippen molar-refractivity contribution in [2.75, 3.05) is 6.66 Å². The van der Waals surface area contributed by atoms with Gasteiger partial charge >= 0.3 is 7.60 Å². The predicted octanol–water partition coefficient (Wildman–Crippen LogP) is 3.47. The molecule has 0 amide bonds. The lowest BCUT2D eigenvalue weighted by atomic mass is 10.1. The van der Waals surface area contributed by atoms with E-state index in [1.807, 2.05) is 20.8 Å². The average molecular weight is 310 g/mol. The molecule has 0 radical (unpaired) electrons. The molecule has 112 valence electrons. The summed E-state index contributed by atoms with van der Waals surface area (Å²) in [7, 11) is -8.38. The second-order valence-electron chi connectivity index (χ2n) is 5.12. The van der Waals surface area contributed by atoms with Gasteiger partial charge < -0.3 is 14.7 Å². The molecular formula is C12H24O5P2. The van der Waals surface area contributed by atoms with Crippen LogP contribution in [0, 0.1) is 0 Å². The Morgan fingerprint density at radius 2 is 1.63 bits per heavy atom. The number of hydrogen-bond donors (Lipinski definition) is 3. The zero-order chi connectivity index (χ0) is 15.3. The van der Waals surface area contributed by atoms with Gasteiger partial charge in [0.25, 0.3) is 0 Å². The Labute approximate surface area is 115 Å². The standard InChI is InChI=1S/C12H24O5P2/c1-10(2)6-5-7-11(3)8-9-12(18(4,13)14)19(15,16)17/h6,8,12H,5,7,9H2,1-4H3,(H,13,14)(H2,15,16,17)/b11-8+. The van der Waals surface area contributed by atoms with Crippen LogP contribution in [0.25, 0.3) is 0 Å². The van der Waals surface area contributed by atoms with Crippen molar-refractivity contribution in [1.29, 1.82) is 0 Å². The summed E-state index contributed by atoms with van der Waals surface area (Å²) in [6.45, 7) is 6.85. The van der Waals surface area contributed by atoms with E-state index in [1.165, 1.54) is 5.57 Å². The van der Waals surface area contributed by atoms with Gasteiger partial charge in [0.1, 0.15) is 5.40 Å². The van der Waals surface area contributed by atoms with E-state index < -0.39 is 20.4 Å². The predicted molar refractivity (Wildman–Crippen MR) is 78.6 cm³/mol. The van der Waals surface area contributed by atoms with Crippen LogP contribution >= 0.6 is 15.0 Å². The highest BCUT2D eigenvalue weighted by molar-refractivity contribution is 7.73. The lowest BCUT2D eigenvalue weighted by Crippen LogP contribution is -2.07. The van der Waals surface area contributed by atoms with Gasteiger partial charge in [-0.2, -0.15) is 0 Å². The molecule has 0 aromatic rings. The summed E-state index contributed by atoms with van der Waals surface area (Å²) in [6, 6.07) is 0. The molecule has 0 bridgehead atoms. The van der Waals surface area contributed by atoms with Crippen LogP contribution in [0.2, 0.25) is 0 Å². The van der Waals surface area contributed by atoms with Crippen LogP contribution in [-0.2, 0) is 9.13 Å². The van der Waals surface area contributed by atoms with Crippen molar-refractivity contribution in [2.45, 2.75) is 45.4 Å². The molecule has 0 aromatic heterocycles. The van der Waals surface area contributed by atoms with Crippen LogP contribution in [0.4, 0.5) is 0 Å². The zero-order valence-corrected chi connectivity index (χ0v) is 13.7. The molecule has 0 heterocycles. The molecule has 2 unspecified atom stereocenters. The molecule has 0 saturated heterocycles. The van der Waals surface area contributed by atoms with Crippen molar-refractivity contribution in [3.05, 3.63) is 23.3 Å². The SMILES string of the molecule is CC(C)=CCC/C(C)=C/CC(P(C)(=O)O)P(=O)(O)O. The highest BCUT2D eigenvalue weighted by Gasteiger charge is 2.39. The normalized spacial score (nSPS) is 17.7. The zero-order valence-electron chi connectivity index (χ0n) is 11.9. The fourth-order valence-corrected chi connectivity index (χ4v) is 4.72. The molecule has 2 atom stereocenters. The van der Waals surface area contributed by atoms with Crippen molar-refractivity contribution in [3.8, 4) is 0 Å². The Hall–Kier alpha value is -0.180. The van der Waals surface area contributed by atoms with Gasteiger partial charge in [-0.1, -0.05) is 23.3 Å². The van der Waals surface area contributed by atoms with Crippen LogP contribution in [0.1, 0.15) is 40.0 Å². The van der Waals surface area contributed by atoms with Crippen molar-refractivity contribution in [2.24, 2.45) is 0 Å². The second-order valence-corrected chi connectivity index (χ2v) is 9.84. The van der Waals surface area contributed by atoms with E-state index in [0.29, 0.717) is 0 Å². The smallest absolute Gasteiger partial charge is 0.338 e. The van der Waals surface area contributed by atoms with E-state index in [9.17, 15) is 14.0 Å². The third-order valence-corrected chi connectivity index (χ3v) is 7.20. The Balaban J connectivity index is 4.68. The van der Waals surface area contributed by atoms with E-state index in [0.717, 1.165) is 25.1 Å². The van der Waals surface area contributed by atoms with Gasteiger partial charge in [-0.25, -0.2) is 0 Å². The Bertz CT molecular complexity index is 415. The Morgan fingerprint density at radius 1 is 1.11 bits per heavy atom. The van der Waals surface area contributed by atoms with E-state index >= 15 is 0 Å². The van der Waals surface area contributed by atoms with Crippen LogP contribution in [-0.4, -0.2) is 26.7 Å². The summed E-state index contributed by atoms with van der Waals surface area (Å²) in [5.41, 5.74) is 2.18. The molecule has 19 heavy (non-hydrogen) atoms. The summed E-state index contributed by atoms with van der Waals surface area (Å²) >= 11 is 0. The van der Waals surface area contributed by atoms with E-state index in [-0.39, 0.29) is 6.42 Å². The maximum Gasteiger partial charge on any atom is 0.338 e. The molecule has 0 rings (SSSR count). The van der Waals surface area contributed by atoms with Gasteiger partial charge in [-0.05, 0) is 40.0 Å². The first-order valence-corrected chi connectivity index (χ1v) is 9.94. The first-order chi connectivity index (χ1) is 8.44. The Morgan fingerprint density at radius 3 is 2.00 bits per heavy atom. The summed E-state index contributed by atoms with van der Waals surface area (Å²) in [5, 5.41) is -1.50. The van der Waals surface area contributed by atoms with Crippen LogP contribution in [0.3, 0.4) is 0 Å². The average Bonchev–Trinajstić information content (AvgIpc) is 2.12. The number of hydrogen-bond acceptors (Lipinski definition) is 2. The van der Waals surface area contributed by atoms with Gasteiger partial charge in [0.2, 0.25) is 7.37 Å². The molecular weight excluding hydrogens is 286 g/mol.